The summed E-state index contributed by atoms with van der Waals surface area (Å²) in [5.41, 5.74) is 8.21. The molecule has 0 aliphatic heterocycles. The van der Waals surface area contributed by atoms with E-state index in [1.54, 1.807) is 30.1 Å². The molecule has 0 saturated heterocycles. The van der Waals surface area contributed by atoms with Crippen molar-refractivity contribution in [2.45, 2.75) is 13.0 Å². The number of hydrogen-bond acceptors (Lipinski definition) is 2. The maximum atomic E-state index is 12.3. The molecule has 0 aliphatic rings. The van der Waals surface area contributed by atoms with Gasteiger partial charge >= 0.3 is 0 Å². The molecule has 0 fully saturated rings. The fraction of sp³-hybridized carbons (Fsp3) is 0.188. The molecule has 0 aliphatic carbocycles. The first kappa shape index (κ1) is 15.9. The highest BCUT2D eigenvalue weighted by molar-refractivity contribution is 9.10. The first-order chi connectivity index (χ1) is 9.95. The number of nitrogens with zero attached hydrogens (tertiary/aromatic N) is 1. The minimum atomic E-state index is 0.0339. The smallest absolute Gasteiger partial charge is 0.227 e. The van der Waals surface area contributed by atoms with Crippen molar-refractivity contribution in [1.82, 2.24) is 4.90 Å². The molecule has 0 saturated carbocycles. The van der Waals surface area contributed by atoms with Crippen LogP contribution in [0.25, 0.3) is 0 Å². The van der Waals surface area contributed by atoms with Gasteiger partial charge in [0, 0.05) is 28.8 Å². The molecule has 0 aromatic heterocycles. The SMILES string of the molecule is CN(Cc1cc(N)ccc1Cl)C(=O)Cc1cccc(Br)c1. The normalized spacial score (nSPS) is 10.4. The molecule has 2 rings (SSSR count). The van der Waals surface area contributed by atoms with Gasteiger partial charge in [0.05, 0.1) is 6.42 Å². The van der Waals surface area contributed by atoms with Crippen LogP contribution in [0, 0.1) is 0 Å². The number of likely N-dealkylation sites (N-methyl/N-ethyl adjacent to an activating group) is 1. The molecule has 0 radical (unpaired) electrons. The van der Waals surface area contributed by atoms with Crippen LogP contribution in [-0.4, -0.2) is 17.9 Å². The van der Waals surface area contributed by atoms with Crippen LogP contribution in [-0.2, 0) is 17.8 Å². The predicted octanol–water partition coefficient (Wildman–Crippen LogP) is 3.89. The Bertz CT molecular complexity index is 660. The molecule has 2 aromatic carbocycles. The molecule has 2 aromatic rings. The van der Waals surface area contributed by atoms with Gasteiger partial charge in [-0.05, 0) is 41.5 Å². The third-order valence-electron chi connectivity index (χ3n) is 3.15. The summed E-state index contributed by atoms with van der Waals surface area (Å²) in [5, 5.41) is 0.617. The molecule has 21 heavy (non-hydrogen) atoms. The second kappa shape index (κ2) is 6.96. The van der Waals surface area contributed by atoms with Crippen molar-refractivity contribution in [2.24, 2.45) is 0 Å². The van der Waals surface area contributed by atoms with Crippen LogP contribution in [0.4, 0.5) is 5.69 Å². The highest BCUT2D eigenvalue weighted by Gasteiger charge is 2.12. The lowest BCUT2D eigenvalue weighted by molar-refractivity contribution is -0.129. The number of nitrogen functional groups attached to an aromatic ring is 1. The summed E-state index contributed by atoms with van der Waals surface area (Å²) in [4.78, 5) is 13.9. The molecule has 3 nitrogen and oxygen atoms in total. The number of nitrogens with two attached hydrogens (primary N) is 1. The number of carbonyl (C=O) groups is 1. The molecular weight excluding hydrogens is 352 g/mol. The van der Waals surface area contributed by atoms with E-state index in [9.17, 15) is 4.79 Å². The second-order valence-corrected chi connectivity index (χ2v) is 6.23. The van der Waals surface area contributed by atoms with Crippen LogP contribution in [0.3, 0.4) is 0 Å². The fourth-order valence-electron chi connectivity index (χ4n) is 2.02. The summed E-state index contributed by atoms with van der Waals surface area (Å²) >= 11 is 9.53. The van der Waals surface area contributed by atoms with Crippen molar-refractivity contribution in [3.63, 3.8) is 0 Å². The van der Waals surface area contributed by atoms with Crippen LogP contribution in [0.15, 0.2) is 46.9 Å². The molecule has 110 valence electrons. The first-order valence-corrected chi connectivity index (χ1v) is 7.65. The first-order valence-electron chi connectivity index (χ1n) is 6.48. The zero-order valence-corrected chi connectivity index (χ0v) is 14.0. The van der Waals surface area contributed by atoms with Gasteiger partial charge in [0.15, 0.2) is 0 Å². The summed E-state index contributed by atoms with van der Waals surface area (Å²) < 4.78 is 0.967. The lowest BCUT2D eigenvalue weighted by Crippen LogP contribution is -2.27. The average molecular weight is 368 g/mol. The Balaban J connectivity index is 2.04. The van der Waals surface area contributed by atoms with Gasteiger partial charge in [0.1, 0.15) is 0 Å². The van der Waals surface area contributed by atoms with Crippen molar-refractivity contribution < 1.29 is 4.79 Å². The summed E-state index contributed by atoms with van der Waals surface area (Å²) in [6.45, 7) is 0.441. The summed E-state index contributed by atoms with van der Waals surface area (Å²) in [6, 6.07) is 13.0. The van der Waals surface area contributed by atoms with Gasteiger partial charge in [-0.1, -0.05) is 39.7 Å². The van der Waals surface area contributed by atoms with Crippen molar-refractivity contribution in [3.05, 3.63) is 63.1 Å². The molecule has 0 unspecified atom stereocenters. The minimum Gasteiger partial charge on any atom is -0.399 e. The maximum absolute atomic E-state index is 12.3. The number of carbonyl (C=O) groups excluding carboxylic acids is 1. The Kier molecular flexibility index (Phi) is 5.26. The van der Waals surface area contributed by atoms with Crippen LogP contribution in [0.2, 0.25) is 5.02 Å². The van der Waals surface area contributed by atoms with Gasteiger partial charge in [-0.3, -0.25) is 4.79 Å². The van der Waals surface area contributed by atoms with E-state index in [1.165, 1.54) is 0 Å². The van der Waals surface area contributed by atoms with Crippen LogP contribution in [0.1, 0.15) is 11.1 Å². The van der Waals surface area contributed by atoms with E-state index in [1.807, 2.05) is 24.3 Å². The Hall–Kier alpha value is -1.52. The highest BCUT2D eigenvalue weighted by Crippen LogP contribution is 2.20. The van der Waals surface area contributed by atoms with Crippen molar-refractivity contribution in [3.8, 4) is 0 Å². The number of rotatable bonds is 4. The summed E-state index contributed by atoms with van der Waals surface area (Å²) in [7, 11) is 1.76. The largest absolute Gasteiger partial charge is 0.399 e. The van der Waals surface area contributed by atoms with E-state index in [0.717, 1.165) is 15.6 Å². The topological polar surface area (TPSA) is 46.3 Å². The Morgan fingerprint density at radius 2 is 2.05 bits per heavy atom. The van der Waals surface area contributed by atoms with E-state index >= 15 is 0 Å². The number of halogens is 2. The standard InChI is InChI=1S/C16H16BrClN2O/c1-20(10-12-9-14(19)5-6-15(12)18)16(21)8-11-3-2-4-13(17)7-11/h2-7,9H,8,10,19H2,1H3. The van der Waals surface area contributed by atoms with Crippen LogP contribution in [0.5, 0.6) is 0 Å². The molecule has 1 amide bonds. The van der Waals surface area contributed by atoms with Gasteiger partial charge in [-0.15, -0.1) is 0 Å². The Morgan fingerprint density at radius 3 is 2.76 bits per heavy atom. The van der Waals surface area contributed by atoms with E-state index < -0.39 is 0 Å². The molecule has 5 heteroatoms. The van der Waals surface area contributed by atoms with Crippen molar-refractivity contribution >= 4 is 39.1 Å². The summed E-state index contributed by atoms with van der Waals surface area (Å²) in [5.74, 6) is 0.0339. The van der Waals surface area contributed by atoms with E-state index in [2.05, 4.69) is 15.9 Å². The minimum absolute atomic E-state index is 0.0339. The highest BCUT2D eigenvalue weighted by atomic mass is 79.9. The Labute approximate surface area is 137 Å². The van der Waals surface area contributed by atoms with E-state index in [0.29, 0.717) is 23.7 Å². The Morgan fingerprint density at radius 1 is 1.29 bits per heavy atom. The van der Waals surface area contributed by atoms with E-state index in [4.69, 9.17) is 17.3 Å². The van der Waals surface area contributed by atoms with E-state index in [-0.39, 0.29) is 5.91 Å². The number of hydrogen-bond donors (Lipinski definition) is 1. The third kappa shape index (κ3) is 4.48. The lowest BCUT2D eigenvalue weighted by Gasteiger charge is -2.18. The molecule has 2 N–H and O–H groups in total. The number of amides is 1. The van der Waals surface area contributed by atoms with Crippen molar-refractivity contribution in [1.29, 1.82) is 0 Å². The fourth-order valence-corrected chi connectivity index (χ4v) is 2.64. The zero-order valence-electron chi connectivity index (χ0n) is 11.6. The number of anilines is 1. The van der Waals surface area contributed by atoms with Crippen LogP contribution >= 0.6 is 27.5 Å². The zero-order chi connectivity index (χ0) is 15.4. The lowest BCUT2D eigenvalue weighted by atomic mass is 10.1. The van der Waals surface area contributed by atoms with Crippen molar-refractivity contribution in [2.75, 3.05) is 12.8 Å². The van der Waals surface area contributed by atoms with Gasteiger partial charge in [0.25, 0.3) is 0 Å². The number of benzene rings is 2. The van der Waals surface area contributed by atoms with Crippen LogP contribution < -0.4 is 5.73 Å². The van der Waals surface area contributed by atoms with Gasteiger partial charge in [-0.25, -0.2) is 0 Å². The molecule has 0 bridgehead atoms. The monoisotopic (exact) mass is 366 g/mol. The quantitative estimate of drug-likeness (QED) is 0.833. The van der Waals surface area contributed by atoms with Gasteiger partial charge in [-0.2, -0.15) is 0 Å². The molecule has 0 heterocycles. The average Bonchev–Trinajstić information content (AvgIpc) is 2.43. The van der Waals surface area contributed by atoms with Gasteiger partial charge < -0.3 is 10.6 Å². The molecule has 0 atom stereocenters. The predicted molar refractivity (Wildman–Crippen MR) is 90.2 cm³/mol. The second-order valence-electron chi connectivity index (χ2n) is 4.91. The summed E-state index contributed by atoms with van der Waals surface area (Å²) in [6.07, 6.45) is 0.357. The maximum Gasteiger partial charge on any atom is 0.227 e. The molecular formula is C16H16BrClN2O. The third-order valence-corrected chi connectivity index (χ3v) is 4.01. The molecule has 0 spiro atoms. The van der Waals surface area contributed by atoms with Gasteiger partial charge in [0.2, 0.25) is 5.91 Å².